The smallest absolute Gasteiger partial charge is 0.320 e. The summed E-state index contributed by atoms with van der Waals surface area (Å²) in [6, 6.07) is 5.17. The first-order valence-electron chi connectivity index (χ1n) is 7.78. The Morgan fingerprint density at radius 2 is 1.92 bits per heavy atom. The fraction of sp³-hybridized carbons (Fsp3) is 0.500. The predicted molar refractivity (Wildman–Crippen MR) is 113 cm³/mol. The highest BCUT2D eigenvalue weighted by Crippen LogP contribution is 2.23. The lowest BCUT2D eigenvalue weighted by atomic mass is 10.1. The summed E-state index contributed by atoms with van der Waals surface area (Å²) in [7, 11) is 1.92. The number of imidazole rings is 1. The number of hydrogen-bond acceptors (Lipinski definition) is 4. The van der Waals surface area contributed by atoms with Crippen molar-refractivity contribution in [3.05, 3.63) is 24.0 Å². The second-order valence-electron chi connectivity index (χ2n) is 5.61. The number of aliphatic carboxylic acids is 1. The molecule has 0 fully saturated rings. The normalized spacial score (nSPS) is 11.5. The van der Waals surface area contributed by atoms with E-state index in [1.165, 1.54) is 0 Å². The fourth-order valence-electron chi connectivity index (χ4n) is 2.64. The Labute approximate surface area is 175 Å². The molecule has 26 heavy (non-hydrogen) atoms. The van der Waals surface area contributed by atoms with Crippen molar-refractivity contribution >= 4 is 70.7 Å². The number of hydrogen-bond donors (Lipinski definition) is 2. The minimum absolute atomic E-state index is 0. The minimum Gasteiger partial charge on any atom is -0.480 e. The zero-order valence-corrected chi connectivity index (χ0v) is 17.5. The van der Waals surface area contributed by atoms with Crippen molar-refractivity contribution in [2.75, 3.05) is 29.7 Å². The van der Waals surface area contributed by atoms with Gasteiger partial charge in [-0.25, -0.2) is 4.98 Å². The van der Waals surface area contributed by atoms with Gasteiger partial charge in [0.2, 0.25) is 0 Å². The molecule has 0 radical (unpaired) electrons. The Kier molecular flexibility index (Phi) is 11.3. The molecule has 2 rings (SSSR count). The number of fused-ring (bicyclic) bond motifs is 1. The lowest BCUT2D eigenvalue weighted by Gasteiger charge is -2.22. The predicted octanol–water partition coefficient (Wildman–Crippen LogP) is 3.05. The third-order valence-corrected chi connectivity index (χ3v) is 4.37. The maximum atomic E-state index is 10.8. The molecule has 148 valence electrons. The van der Waals surface area contributed by atoms with E-state index in [4.69, 9.17) is 34.0 Å². The van der Waals surface area contributed by atoms with Crippen LogP contribution >= 0.6 is 48.0 Å². The molecule has 3 N–H and O–H groups in total. The van der Waals surface area contributed by atoms with Crippen molar-refractivity contribution in [2.24, 2.45) is 12.8 Å². The van der Waals surface area contributed by atoms with Crippen LogP contribution in [0.25, 0.3) is 11.0 Å². The van der Waals surface area contributed by atoms with Crippen LogP contribution in [-0.2, 0) is 18.3 Å². The molecule has 0 saturated carbocycles. The number of aromatic nitrogens is 2. The third-order valence-electron chi connectivity index (χ3n) is 4.03. The summed E-state index contributed by atoms with van der Waals surface area (Å²) >= 11 is 11.7. The maximum absolute atomic E-state index is 10.8. The second-order valence-corrected chi connectivity index (χ2v) is 6.36. The van der Waals surface area contributed by atoms with Crippen molar-refractivity contribution in [3.8, 4) is 0 Å². The van der Waals surface area contributed by atoms with Gasteiger partial charge in [-0.1, -0.05) is 0 Å². The molecule has 0 saturated heterocycles. The van der Waals surface area contributed by atoms with Gasteiger partial charge < -0.3 is 20.3 Å². The second kappa shape index (κ2) is 11.7. The zero-order chi connectivity index (χ0) is 17.7. The largest absolute Gasteiger partial charge is 0.480 e. The highest BCUT2D eigenvalue weighted by atomic mass is 35.5. The number of aryl methyl sites for hydroxylation is 2. The minimum atomic E-state index is -0.992. The maximum Gasteiger partial charge on any atom is 0.320 e. The van der Waals surface area contributed by atoms with Crippen molar-refractivity contribution < 1.29 is 9.90 Å². The summed E-state index contributed by atoms with van der Waals surface area (Å²) in [5, 5.41) is 8.89. The van der Waals surface area contributed by atoms with Gasteiger partial charge >= 0.3 is 5.97 Å². The van der Waals surface area contributed by atoms with Crippen LogP contribution in [0, 0.1) is 0 Å². The molecule has 1 aromatic heterocycles. The Bertz CT molecular complexity index is 705. The molecule has 10 heteroatoms. The van der Waals surface area contributed by atoms with Crippen LogP contribution in [0.3, 0.4) is 0 Å². The SMILES string of the molecule is Cl.Cl.Cn1c(CC[C@H](N)C(=O)O)nc2cc(N(CCCl)CCCl)ccc21. The molecule has 2 aromatic rings. The first-order chi connectivity index (χ1) is 11.5. The quantitative estimate of drug-likeness (QED) is 0.579. The van der Waals surface area contributed by atoms with Crippen LogP contribution in [0.15, 0.2) is 18.2 Å². The van der Waals surface area contributed by atoms with Crippen LogP contribution in [0.5, 0.6) is 0 Å². The van der Waals surface area contributed by atoms with Crippen LogP contribution in [0.4, 0.5) is 5.69 Å². The van der Waals surface area contributed by atoms with Crippen LogP contribution < -0.4 is 10.6 Å². The molecule has 0 aliphatic heterocycles. The Morgan fingerprint density at radius 1 is 1.31 bits per heavy atom. The number of carboxylic acid groups (broad SMARTS) is 1. The molecular weight excluding hydrogens is 422 g/mol. The number of nitrogens with zero attached hydrogens (tertiary/aromatic N) is 3. The number of carbonyl (C=O) groups is 1. The number of carboxylic acids is 1. The number of benzene rings is 1. The van der Waals surface area contributed by atoms with E-state index in [2.05, 4.69) is 9.88 Å². The summed E-state index contributed by atoms with van der Waals surface area (Å²) < 4.78 is 1.97. The molecule has 0 unspecified atom stereocenters. The Balaban J connectivity index is 0.00000312. The lowest BCUT2D eigenvalue weighted by Crippen LogP contribution is -2.30. The first kappa shape index (κ1) is 25.1. The summed E-state index contributed by atoms with van der Waals surface area (Å²) in [6.45, 7) is 1.43. The monoisotopic (exact) mass is 444 g/mol. The lowest BCUT2D eigenvalue weighted by molar-refractivity contribution is -0.138. The highest BCUT2D eigenvalue weighted by molar-refractivity contribution is 6.18. The molecule has 0 aliphatic carbocycles. The molecule has 1 atom stereocenters. The van der Waals surface area contributed by atoms with E-state index in [1.807, 2.05) is 29.8 Å². The third kappa shape index (κ3) is 6.06. The standard InChI is InChI=1S/C16H22Cl2N4O2.2ClH/c1-21-14-4-2-11(22(8-6-17)9-7-18)10-13(14)20-15(21)5-3-12(19)16(23)24;;/h2,4,10,12H,3,5-9,19H2,1H3,(H,23,24);2*1H/t12-;;/m0../s1. The average molecular weight is 446 g/mol. The molecule has 1 heterocycles. The van der Waals surface area contributed by atoms with Crippen molar-refractivity contribution in [1.82, 2.24) is 9.55 Å². The van der Waals surface area contributed by atoms with Gasteiger partial charge in [-0.05, 0) is 24.6 Å². The molecular formula is C16H24Cl4N4O2. The number of alkyl halides is 2. The van der Waals surface area contributed by atoms with E-state index in [0.717, 1.165) is 22.5 Å². The number of nitrogens with two attached hydrogens (primary N) is 1. The number of anilines is 1. The van der Waals surface area contributed by atoms with Gasteiger partial charge in [-0.15, -0.1) is 48.0 Å². The van der Waals surface area contributed by atoms with Gasteiger partial charge in [0.05, 0.1) is 11.0 Å². The highest BCUT2D eigenvalue weighted by Gasteiger charge is 2.15. The molecule has 0 bridgehead atoms. The summed E-state index contributed by atoms with van der Waals surface area (Å²) in [5.41, 5.74) is 8.45. The van der Waals surface area contributed by atoms with E-state index in [-0.39, 0.29) is 24.8 Å². The van der Waals surface area contributed by atoms with E-state index in [0.29, 0.717) is 37.7 Å². The van der Waals surface area contributed by atoms with E-state index < -0.39 is 12.0 Å². The van der Waals surface area contributed by atoms with Crippen LogP contribution in [0.2, 0.25) is 0 Å². The molecule has 1 aromatic carbocycles. The van der Waals surface area contributed by atoms with Crippen molar-refractivity contribution in [3.63, 3.8) is 0 Å². The first-order valence-corrected chi connectivity index (χ1v) is 8.85. The summed E-state index contributed by atoms with van der Waals surface area (Å²) in [6.07, 6.45) is 0.866. The zero-order valence-electron chi connectivity index (χ0n) is 14.4. The molecule has 6 nitrogen and oxygen atoms in total. The molecule has 0 aliphatic rings. The van der Waals surface area contributed by atoms with E-state index >= 15 is 0 Å². The van der Waals surface area contributed by atoms with Gasteiger partial charge in [0.1, 0.15) is 11.9 Å². The van der Waals surface area contributed by atoms with Crippen molar-refractivity contribution in [2.45, 2.75) is 18.9 Å². The number of halogens is 4. The van der Waals surface area contributed by atoms with E-state index in [9.17, 15) is 4.79 Å². The van der Waals surface area contributed by atoms with Crippen LogP contribution in [-0.4, -0.2) is 51.5 Å². The topological polar surface area (TPSA) is 84.4 Å². The Morgan fingerprint density at radius 3 is 2.46 bits per heavy atom. The molecule has 0 amide bonds. The van der Waals surface area contributed by atoms with Crippen molar-refractivity contribution in [1.29, 1.82) is 0 Å². The summed E-state index contributed by atoms with van der Waals surface area (Å²) in [5.74, 6) is 0.874. The number of rotatable bonds is 9. The van der Waals surface area contributed by atoms with Gasteiger partial charge in [0, 0.05) is 44.0 Å². The Hall–Kier alpha value is -0.920. The van der Waals surface area contributed by atoms with Gasteiger partial charge in [-0.2, -0.15) is 0 Å². The van der Waals surface area contributed by atoms with E-state index in [1.54, 1.807) is 0 Å². The van der Waals surface area contributed by atoms with Gasteiger partial charge in [0.25, 0.3) is 0 Å². The van der Waals surface area contributed by atoms with Gasteiger partial charge in [0.15, 0.2) is 0 Å². The van der Waals surface area contributed by atoms with Gasteiger partial charge in [-0.3, -0.25) is 4.79 Å². The van der Waals surface area contributed by atoms with Crippen LogP contribution in [0.1, 0.15) is 12.2 Å². The molecule has 0 spiro atoms. The average Bonchev–Trinajstić information content (AvgIpc) is 2.88. The fourth-order valence-corrected chi connectivity index (χ4v) is 3.05. The summed E-state index contributed by atoms with van der Waals surface area (Å²) in [4.78, 5) is 17.6.